The van der Waals surface area contributed by atoms with E-state index in [0.29, 0.717) is 23.1 Å². The third-order valence-corrected chi connectivity index (χ3v) is 5.41. The van der Waals surface area contributed by atoms with Gasteiger partial charge < -0.3 is 4.74 Å². The van der Waals surface area contributed by atoms with E-state index >= 15 is 0 Å². The summed E-state index contributed by atoms with van der Waals surface area (Å²) >= 11 is 1.63. The molecule has 0 N–H and O–H groups in total. The molecule has 88 valence electrons. The van der Waals surface area contributed by atoms with Crippen molar-refractivity contribution in [2.45, 2.75) is 4.90 Å². The molecule has 0 amide bonds. The molecule has 4 nitrogen and oxygen atoms in total. The zero-order chi connectivity index (χ0) is 11.6. The first-order chi connectivity index (χ1) is 7.64. The van der Waals surface area contributed by atoms with Crippen molar-refractivity contribution >= 4 is 21.8 Å². The molecular weight excluding hydrogens is 246 g/mol. The summed E-state index contributed by atoms with van der Waals surface area (Å²) in [4.78, 5) is 0.329. The molecule has 0 aliphatic carbocycles. The van der Waals surface area contributed by atoms with Gasteiger partial charge in [-0.15, -0.1) is 11.8 Å². The maximum atomic E-state index is 12.1. The maximum Gasteiger partial charge on any atom is 0.243 e. The van der Waals surface area contributed by atoms with Crippen molar-refractivity contribution in [3.05, 3.63) is 24.3 Å². The highest BCUT2D eigenvalue weighted by molar-refractivity contribution is 8.00. The van der Waals surface area contributed by atoms with Gasteiger partial charge in [0.05, 0.1) is 17.9 Å². The van der Waals surface area contributed by atoms with Crippen molar-refractivity contribution in [3.63, 3.8) is 0 Å². The summed E-state index contributed by atoms with van der Waals surface area (Å²) < 4.78 is 30.7. The van der Waals surface area contributed by atoms with E-state index in [2.05, 4.69) is 0 Å². The Bertz CT molecular complexity index is 449. The van der Waals surface area contributed by atoms with Gasteiger partial charge in [0.1, 0.15) is 5.75 Å². The van der Waals surface area contributed by atoms with Crippen LogP contribution in [0.1, 0.15) is 0 Å². The molecule has 1 heterocycles. The van der Waals surface area contributed by atoms with Crippen LogP contribution < -0.4 is 4.74 Å². The van der Waals surface area contributed by atoms with E-state index in [1.54, 1.807) is 43.1 Å². The standard InChI is InChI=1S/C10H13NO3S2/c1-14-9-2-4-10(5-3-9)16(12,13)11-6-7-15-8-11/h2-5H,6-8H2,1H3. The van der Waals surface area contributed by atoms with Gasteiger partial charge >= 0.3 is 0 Å². The lowest BCUT2D eigenvalue weighted by Crippen LogP contribution is -2.27. The maximum absolute atomic E-state index is 12.1. The molecule has 0 aromatic heterocycles. The van der Waals surface area contributed by atoms with E-state index in [0.717, 1.165) is 5.75 Å². The summed E-state index contributed by atoms with van der Waals surface area (Å²) in [6.45, 7) is 0.596. The Morgan fingerprint density at radius 3 is 2.50 bits per heavy atom. The Labute approximate surface area is 99.6 Å². The van der Waals surface area contributed by atoms with Crippen LogP contribution in [0.5, 0.6) is 5.75 Å². The molecule has 0 radical (unpaired) electrons. The van der Waals surface area contributed by atoms with Gasteiger partial charge in [0.2, 0.25) is 10.0 Å². The van der Waals surface area contributed by atoms with Gasteiger partial charge in [-0.1, -0.05) is 0 Å². The number of benzene rings is 1. The van der Waals surface area contributed by atoms with Crippen LogP contribution in [0.25, 0.3) is 0 Å². The van der Waals surface area contributed by atoms with Crippen molar-refractivity contribution in [3.8, 4) is 5.75 Å². The summed E-state index contributed by atoms with van der Waals surface area (Å²) in [7, 11) is -1.75. The van der Waals surface area contributed by atoms with E-state index in [9.17, 15) is 8.42 Å². The van der Waals surface area contributed by atoms with Crippen LogP contribution in [0.3, 0.4) is 0 Å². The first-order valence-corrected chi connectivity index (χ1v) is 7.46. The van der Waals surface area contributed by atoms with Gasteiger partial charge in [-0.3, -0.25) is 0 Å². The minimum atomic E-state index is -3.31. The van der Waals surface area contributed by atoms with Gasteiger partial charge in [-0.25, -0.2) is 8.42 Å². The smallest absolute Gasteiger partial charge is 0.243 e. The monoisotopic (exact) mass is 259 g/mol. The van der Waals surface area contributed by atoms with E-state index < -0.39 is 10.0 Å². The van der Waals surface area contributed by atoms with Gasteiger partial charge in [0.25, 0.3) is 0 Å². The molecule has 0 unspecified atom stereocenters. The number of hydrogen-bond donors (Lipinski definition) is 0. The Morgan fingerprint density at radius 1 is 1.31 bits per heavy atom. The number of thioether (sulfide) groups is 1. The highest BCUT2D eigenvalue weighted by atomic mass is 32.2. The minimum absolute atomic E-state index is 0.329. The molecule has 1 fully saturated rings. The predicted molar refractivity (Wildman–Crippen MR) is 64.2 cm³/mol. The number of sulfonamides is 1. The Morgan fingerprint density at radius 2 is 2.00 bits per heavy atom. The molecule has 0 atom stereocenters. The lowest BCUT2D eigenvalue weighted by atomic mass is 10.3. The Hall–Kier alpha value is -0.720. The molecule has 16 heavy (non-hydrogen) atoms. The summed E-state index contributed by atoms with van der Waals surface area (Å²) in [6, 6.07) is 6.49. The largest absolute Gasteiger partial charge is 0.497 e. The molecule has 1 aliphatic heterocycles. The van der Waals surface area contributed by atoms with Crippen molar-refractivity contribution in [1.29, 1.82) is 0 Å². The Kier molecular flexibility index (Phi) is 3.41. The van der Waals surface area contributed by atoms with Crippen LogP contribution in [0.2, 0.25) is 0 Å². The quantitative estimate of drug-likeness (QED) is 0.823. The van der Waals surface area contributed by atoms with E-state index in [1.807, 2.05) is 0 Å². The molecule has 6 heteroatoms. The van der Waals surface area contributed by atoms with Crippen molar-refractivity contribution in [2.24, 2.45) is 0 Å². The molecule has 0 bridgehead atoms. The molecule has 1 aliphatic rings. The average molecular weight is 259 g/mol. The normalized spacial score (nSPS) is 17.6. The Balaban J connectivity index is 2.28. The van der Waals surface area contributed by atoms with Gasteiger partial charge in [-0.05, 0) is 24.3 Å². The molecule has 0 saturated carbocycles. The topological polar surface area (TPSA) is 46.6 Å². The predicted octanol–water partition coefficient (Wildman–Crippen LogP) is 1.39. The van der Waals surface area contributed by atoms with Crippen LogP contribution in [-0.2, 0) is 10.0 Å². The van der Waals surface area contributed by atoms with E-state index in [4.69, 9.17) is 4.74 Å². The van der Waals surface area contributed by atoms with Crippen LogP contribution >= 0.6 is 11.8 Å². The molecule has 1 saturated heterocycles. The van der Waals surface area contributed by atoms with Crippen LogP contribution in [0, 0.1) is 0 Å². The third kappa shape index (κ3) is 2.18. The van der Waals surface area contributed by atoms with E-state index in [1.165, 1.54) is 4.31 Å². The molecule has 1 aromatic rings. The van der Waals surface area contributed by atoms with Crippen LogP contribution in [0.4, 0.5) is 0 Å². The fourth-order valence-electron chi connectivity index (χ4n) is 1.48. The SMILES string of the molecule is COc1ccc(S(=O)(=O)N2CCSC2)cc1. The minimum Gasteiger partial charge on any atom is -0.497 e. The number of hydrogen-bond acceptors (Lipinski definition) is 4. The number of ether oxygens (including phenoxy) is 1. The fourth-order valence-corrected chi connectivity index (χ4v) is 4.30. The number of rotatable bonds is 3. The van der Waals surface area contributed by atoms with E-state index in [-0.39, 0.29) is 0 Å². The summed E-state index contributed by atoms with van der Waals surface area (Å²) in [5.41, 5.74) is 0. The molecule has 2 rings (SSSR count). The second-order valence-corrected chi connectivity index (χ2v) is 6.41. The van der Waals surface area contributed by atoms with Crippen molar-refractivity contribution < 1.29 is 13.2 Å². The van der Waals surface area contributed by atoms with Gasteiger partial charge in [-0.2, -0.15) is 4.31 Å². The zero-order valence-corrected chi connectivity index (χ0v) is 10.6. The zero-order valence-electron chi connectivity index (χ0n) is 8.92. The first-order valence-electron chi connectivity index (χ1n) is 4.86. The first kappa shape index (κ1) is 11.8. The average Bonchev–Trinajstić information content (AvgIpc) is 2.83. The second kappa shape index (κ2) is 4.65. The third-order valence-electron chi connectivity index (χ3n) is 2.42. The lowest BCUT2D eigenvalue weighted by molar-refractivity contribution is 0.414. The van der Waals surface area contributed by atoms with Gasteiger partial charge in [0.15, 0.2) is 0 Å². The fraction of sp³-hybridized carbons (Fsp3) is 0.400. The van der Waals surface area contributed by atoms with Crippen LogP contribution in [0.15, 0.2) is 29.2 Å². The summed E-state index contributed by atoms with van der Waals surface area (Å²) in [5, 5.41) is 0. The highest BCUT2D eigenvalue weighted by Crippen LogP contribution is 2.24. The lowest BCUT2D eigenvalue weighted by Gasteiger charge is -2.14. The summed E-state index contributed by atoms with van der Waals surface area (Å²) in [5.74, 6) is 2.08. The van der Waals surface area contributed by atoms with Gasteiger partial charge in [0, 0.05) is 12.3 Å². The number of nitrogens with zero attached hydrogens (tertiary/aromatic N) is 1. The second-order valence-electron chi connectivity index (χ2n) is 3.39. The number of methoxy groups -OCH3 is 1. The summed E-state index contributed by atoms with van der Waals surface area (Å²) in [6.07, 6.45) is 0. The van der Waals surface area contributed by atoms with Crippen molar-refractivity contribution in [1.82, 2.24) is 4.31 Å². The van der Waals surface area contributed by atoms with Crippen LogP contribution in [-0.4, -0.2) is 38.0 Å². The molecular formula is C10H13NO3S2. The van der Waals surface area contributed by atoms with Crippen molar-refractivity contribution in [2.75, 3.05) is 25.3 Å². The molecule has 1 aromatic carbocycles. The molecule has 0 spiro atoms. The highest BCUT2D eigenvalue weighted by Gasteiger charge is 2.27.